The first kappa shape index (κ1) is 28.0. The Morgan fingerprint density at radius 2 is 1.74 bits per heavy atom. The molecule has 0 atom stereocenters. The van der Waals surface area contributed by atoms with Crippen LogP contribution >= 0.6 is 0 Å². The Bertz CT molecular complexity index is 1380. The quantitative estimate of drug-likeness (QED) is 0.272. The number of hydrogen-bond acceptors (Lipinski definition) is 6. The monoisotopic (exact) mass is 494 g/mol. The number of carbonyl (C=O) groups excluding carboxylic acids is 2. The van der Waals surface area contributed by atoms with Crippen molar-refractivity contribution < 1.29 is 61.8 Å². The molecule has 2 aromatic carbocycles. The average Bonchev–Trinajstić information content (AvgIpc) is 2.78. The Morgan fingerprint density at radius 3 is 2.34 bits per heavy atom. The molecule has 3 aromatic rings. The summed E-state index contributed by atoms with van der Waals surface area (Å²) in [5, 5.41) is 9.13. The molecule has 0 fully saturated rings. The fraction of sp³-hybridized carbons (Fsp3) is 0.208. The third kappa shape index (κ3) is 5.88. The molecule has 0 saturated carbocycles. The number of hydrogen-bond donors (Lipinski definition) is 0. The van der Waals surface area contributed by atoms with Crippen LogP contribution in [0.4, 0.5) is 13.2 Å². The van der Waals surface area contributed by atoms with Gasteiger partial charge in [-0.2, -0.15) is 0 Å². The van der Waals surface area contributed by atoms with Crippen molar-refractivity contribution in [2.75, 3.05) is 13.2 Å². The maximum absolute atomic E-state index is 14.9. The van der Waals surface area contributed by atoms with Crippen molar-refractivity contribution >= 4 is 22.8 Å². The number of halogens is 3. The molecule has 0 aliphatic rings. The first-order valence-corrected chi connectivity index (χ1v) is 10.1. The summed E-state index contributed by atoms with van der Waals surface area (Å²) in [4.78, 5) is 37.4. The third-order valence-electron chi connectivity index (χ3n) is 4.88. The summed E-state index contributed by atoms with van der Waals surface area (Å²) in [5.41, 5.74) is -1.73. The minimum atomic E-state index is -1.07. The van der Waals surface area contributed by atoms with Gasteiger partial charge in [-0.3, -0.25) is 14.0 Å². The Balaban J connectivity index is 0.00000432. The number of rotatable bonds is 7. The number of esters is 2. The zero-order valence-electron chi connectivity index (χ0n) is 19.2. The molecule has 35 heavy (non-hydrogen) atoms. The molecule has 1 heterocycles. The molecular formula is C24H18F3N2NaO5. The Kier molecular flexibility index (Phi) is 9.54. The maximum Gasteiger partial charge on any atom is 1.00 e. The molecule has 0 spiro atoms. The van der Waals surface area contributed by atoms with Crippen molar-refractivity contribution in [3.8, 4) is 6.07 Å². The van der Waals surface area contributed by atoms with Crippen molar-refractivity contribution in [3.05, 3.63) is 86.8 Å². The number of carbonyl (C=O) groups is 2. The predicted molar refractivity (Wildman–Crippen MR) is 114 cm³/mol. The van der Waals surface area contributed by atoms with Gasteiger partial charge in [0.15, 0.2) is 0 Å². The van der Waals surface area contributed by atoms with E-state index < -0.39 is 51.9 Å². The van der Waals surface area contributed by atoms with Crippen LogP contribution in [-0.2, 0) is 20.8 Å². The summed E-state index contributed by atoms with van der Waals surface area (Å²) in [7, 11) is 0. The summed E-state index contributed by atoms with van der Waals surface area (Å²) in [6, 6.07) is 6.31. The fourth-order valence-electron chi connectivity index (χ4n) is 3.34. The van der Waals surface area contributed by atoms with Crippen molar-refractivity contribution in [3.63, 3.8) is 0 Å². The van der Waals surface area contributed by atoms with Crippen LogP contribution in [0.25, 0.3) is 10.9 Å². The van der Waals surface area contributed by atoms with E-state index in [2.05, 4.69) is 0 Å². The van der Waals surface area contributed by atoms with Gasteiger partial charge in [0.1, 0.15) is 17.2 Å². The van der Waals surface area contributed by atoms with Gasteiger partial charge >= 0.3 is 35.5 Å². The molecule has 3 rings (SSSR count). The summed E-state index contributed by atoms with van der Waals surface area (Å²) in [5.74, 6) is -5.43. The summed E-state index contributed by atoms with van der Waals surface area (Å²) >= 11 is 0. The molecule has 0 aliphatic carbocycles. The first-order valence-electron chi connectivity index (χ1n) is 10.1. The number of pyridine rings is 1. The molecule has 0 unspecified atom stereocenters. The number of ether oxygens (including phenoxy) is 2. The van der Waals surface area contributed by atoms with E-state index in [0.29, 0.717) is 6.07 Å². The summed E-state index contributed by atoms with van der Waals surface area (Å²) in [6.45, 7) is 2.66. The van der Waals surface area contributed by atoms with Gasteiger partial charge in [0.2, 0.25) is 5.43 Å². The average molecular weight is 494 g/mol. The number of nitrogens with zero attached hydrogens (tertiary/aromatic N) is 2. The molecule has 1 aromatic heterocycles. The van der Waals surface area contributed by atoms with Crippen LogP contribution in [0.1, 0.15) is 35.3 Å². The number of aromatic nitrogens is 1. The normalized spacial score (nSPS) is 10.3. The first-order chi connectivity index (χ1) is 16.2. The van der Waals surface area contributed by atoms with E-state index in [1.54, 1.807) is 6.07 Å². The van der Waals surface area contributed by atoms with Gasteiger partial charge in [-0.25, -0.2) is 18.8 Å². The second-order valence-electron chi connectivity index (χ2n) is 7.01. The minimum absolute atomic E-state index is 0. The zero-order valence-corrected chi connectivity index (χ0v) is 21.2. The van der Waals surface area contributed by atoms with Crippen LogP contribution in [0.3, 0.4) is 0 Å². The largest absolute Gasteiger partial charge is 1.00 e. The number of benzene rings is 2. The third-order valence-corrected chi connectivity index (χ3v) is 4.88. The predicted octanol–water partition coefficient (Wildman–Crippen LogP) is 0.657. The number of nitriles is 1. The van der Waals surface area contributed by atoms with Gasteiger partial charge in [-0.05, 0) is 25.4 Å². The summed E-state index contributed by atoms with van der Waals surface area (Å²) < 4.78 is 53.6. The van der Waals surface area contributed by atoms with Crippen molar-refractivity contribution in [1.82, 2.24) is 4.57 Å². The van der Waals surface area contributed by atoms with E-state index in [4.69, 9.17) is 9.47 Å². The van der Waals surface area contributed by atoms with Crippen LogP contribution in [0.2, 0.25) is 0 Å². The van der Waals surface area contributed by atoms with Crippen LogP contribution in [0, 0.1) is 34.7 Å². The molecule has 0 saturated heterocycles. The topological polar surface area (TPSA) is 98.4 Å². The van der Waals surface area contributed by atoms with Crippen LogP contribution in [0.15, 0.2) is 41.3 Å². The van der Waals surface area contributed by atoms with Gasteiger partial charge < -0.3 is 14.0 Å². The van der Waals surface area contributed by atoms with E-state index in [1.807, 2.05) is 0 Å². The fourth-order valence-corrected chi connectivity index (χ4v) is 3.34. The van der Waals surface area contributed by atoms with E-state index in [9.17, 15) is 32.8 Å². The van der Waals surface area contributed by atoms with E-state index in [0.717, 1.165) is 24.4 Å². The van der Waals surface area contributed by atoms with Crippen molar-refractivity contribution in [2.45, 2.75) is 20.4 Å². The SMILES string of the molecule is CCOC(=O)c1cn(Cc2ccc(F)cc2F)c2cc([C-](C#N)C(=O)OCC)c(F)cc2c1=O.[Na+]. The molecular weight excluding hydrogens is 476 g/mol. The maximum atomic E-state index is 14.9. The van der Waals surface area contributed by atoms with Crippen LogP contribution in [0.5, 0.6) is 0 Å². The zero-order chi connectivity index (χ0) is 25.0. The van der Waals surface area contributed by atoms with Crippen molar-refractivity contribution in [1.29, 1.82) is 5.26 Å². The standard InChI is InChI=1S/C24H18F3N2O5.Na/c1-3-33-23(31)17(10-28)15-9-21-16(8-20(15)27)22(30)18(24(32)34-4-2)12-29(21)11-13-5-6-14(25)7-19(13)26;/h5-9,12H,3-4,11H2,1-2H3;/q-1;+1. The number of fused-ring (bicyclic) bond motifs is 1. The molecule has 0 aliphatic heterocycles. The second kappa shape index (κ2) is 11.9. The Labute approximate surface area is 220 Å². The van der Waals surface area contributed by atoms with E-state index >= 15 is 0 Å². The molecule has 0 amide bonds. The molecule has 7 nitrogen and oxygen atoms in total. The Morgan fingerprint density at radius 1 is 1.06 bits per heavy atom. The van der Waals surface area contributed by atoms with Gasteiger partial charge in [0, 0.05) is 47.6 Å². The van der Waals surface area contributed by atoms with Crippen LogP contribution < -0.4 is 35.0 Å². The molecule has 0 N–H and O–H groups in total. The minimum Gasteiger partial charge on any atom is -0.471 e. The van der Waals surface area contributed by atoms with E-state index in [-0.39, 0.29) is 65.8 Å². The molecule has 0 bridgehead atoms. The van der Waals surface area contributed by atoms with Gasteiger partial charge in [0.05, 0.1) is 13.2 Å². The summed E-state index contributed by atoms with van der Waals surface area (Å²) in [6.07, 6.45) is 1.10. The molecule has 176 valence electrons. The van der Waals surface area contributed by atoms with Crippen molar-refractivity contribution in [2.24, 2.45) is 0 Å². The smallest absolute Gasteiger partial charge is 0.471 e. The van der Waals surface area contributed by atoms with Gasteiger partial charge in [-0.1, -0.05) is 12.1 Å². The van der Waals surface area contributed by atoms with Gasteiger partial charge in [0.25, 0.3) is 5.97 Å². The molecule has 0 radical (unpaired) electrons. The van der Waals surface area contributed by atoms with Crippen LogP contribution in [-0.4, -0.2) is 29.7 Å². The Hall–Kier alpha value is -3.26. The molecule has 11 heteroatoms. The van der Waals surface area contributed by atoms with E-state index in [1.165, 1.54) is 24.5 Å². The van der Waals surface area contributed by atoms with Gasteiger partial charge in [-0.15, -0.1) is 11.6 Å². The second-order valence-corrected chi connectivity index (χ2v) is 7.01.